The molecule has 1 unspecified atom stereocenters. The van der Waals surface area contributed by atoms with Crippen LogP contribution in [0.5, 0.6) is 0 Å². The monoisotopic (exact) mass is 163 g/mol. The molecule has 10 heavy (non-hydrogen) atoms. The van der Waals surface area contributed by atoms with Gasteiger partial charge in [-0.05, 0) is 24.3 Å². The van der Waals surface area contributed by atoms with Gasteiger partial charge in [0, 0.05) is 6.54 Å². The molecule has 1 atom stereocenters. The van der Waals surface area contributed by atoms with Crippen LogP contribution < -0.4 is 5.32 Å². The SMILES string of the molecule is CC(C)C1(C)CCNC1.Cl. The molecule has 1 saturated heterocycles. The quantitative estimate of drug-likeness (QED) is 0.624. The normalized spacial score (nSPS) is 32.4. The van der Waals surface area contributed by atoms with Crippen LogP contribution in [0, 0.1) is 11.3 Å². The van der Waals surface area contributed by atoms with Gasteiger partial charge in [-0.1, -0.05) is 20.8 Å². The van der Waals surface area contributed by atoms with Crippen molar-refractivity contribution in [1.29, 1.82) is 0 Å². The lowest BCUT2D eigenvalue weighted by atomic mass is 9.79. The van der Waals surface area contributed by atoms with Gasteiger partial charge in [0.1, 0.15) is 0 Å². The van der Waals surface area contributed by atoms with Gasteiger partial charge in [-0.15, -0.1) is 12.4 Å². The summed E-state index contributed by atoms with van der Waals surface area (Å²) in [4.78, 5) is 0. The minimum atomic E-state index is 0. The van der Waals surface area contributed by atoms with E-state index in [1.165, 1.54) is 19.5 Å². The zero-order valence-electron chi connectivity index (χ0n) is 7.11. The number of halogens is 1. The highest BCUT2D eigenvalue weighted by Crippen LogP contribution is 2.32. The summed E-state index contributed by atoms with van der Waals surface area (Å²) in [7, 11) is 0. The largest absolute Gasteiger partial charge is 0.316 e. The van der Waals surface area contributed by atoms with Gasteiger partial charge in [-0.2, -0.15) is 0 Å². The van der Waals surface area contributed by atoms with Crippen molar-refractivity contribution < 1.29 is 0 Å². The first-order valence-corrected chi connectivity index (χ1v) is 3.86. The number of hydrogen-bond acceptors (Lipinski definition) is 1. The average Bonchev–Trinajstić information content (AvgIpc) is 2.16. The second kappa shape index (κ2) is 3.59. The fourth-order valence-corrected chi connectivity index (χ4v) is 1.33. The molecule has 2 heteroatoms. The minimum Gasteiger partial charge on any atom is -0.316 e. The molecule has 0 saturated carbocycles. The third kappa shape index (κ3) is 1.86. The van der Waals surface area contributed by atoms with Crippen molar-refractivity contribution in [1.82, 2.24) is 5.32 Å². The zero-order chi connectivity index (χ0) is 6.91. The second-order valence-electron chi connectivity index (χ2n) is 3.74. The molecule has 0 aromatic carbocycles. The van der Waals surface area contributed by atoms with E-state index in [0.29, 0.717) is 5.41 Å². The average molecular weight is 164 g/mol. The maximum absolute atomic E-state index is 3.39. The standard InChI is InChI=1S/C8H17N.ClH/c1-7(2)8(3)4-5-9-6-8;/h7,9H,4-6H2,1-3H3;1H. The predicted octanol–water partition coefficient (Wildman–Crippen LogP) is 2.06. The van der Waals surface area contributed by atoms with Crippen molar-refractivity contribution >= 4 is 12.4 Å². The molecule has 1 rings (SSSR count). The summed E-state index contributed by atoms with van der Waals surface area (Å²) in [5, 5.41) is 3.39. The molecule has 0 spiro atoms. The second-order valence-corrected chi connectivity index (χ2v) is 3.74. The van der Waals surface area contributed by atoms with Crippen LogP contribution in [-0.4, -0.2) is 13.1 Å². The molecule has 1 aliphatic rings. The molecule has 0 aromatic rings. The molecule has 0 aliphatic carbocycles. The molecule has 1 nitrogen and oxygen atoms in total. The molecule has 1 heterocycles. The third-order valence-electron chi connectivity index (χ3n) is 2.80. The van der Waals surface area contributed by atoms with Gasteiger partial charge < -0.3 is 5.32 Å². The Morgan fingerprint density at radius 1 is 1.40 bits per heavy atom. The Balaban J connectivity index is 0.000000810. The summed E-state index contributed by atoms with van der Waals surface area (Å²) >= 11 is 0. The molecule has 1 aliphatic heterocycles. The van der Waals surface area contributed by atoms with Crippen molar-refractivity contribution in [3.05, 3.63) is 0 Å². The van der Waals surface area contributed by atoms with Crippen LogP contribution >= 0.6 is 12.4 Å². The fourth-order valence-electron chi connectivity index (χ4n) is 1.33. The Labute approximate surface area is 70.0 Å². The summed E-state index contributed by atoms with van der Waals surface area (Å²) in [6.45, 7) is 9.43. The Morgan fingerprint density at radius 3 is 2.20 bits per heavy atom. The molecular weight excluding hydrogens is 146 g/mol. The van der Waals surface area contributed by atoms with E-state index in [4.69, 9.17) is 0 Å². The molecule has 0 radical (unpaired) electrons. The van der Waals surface area contributed by atoms with Crippen molar-refractivity contribution in [2.45, 2.75) is 27.2 Å². The van der Waals surface area contributed by atoms with Crippen LogP contribution in [0.3, 0.4) is 0 Å². The lowest BCUT2D eigenvalue weighted by Gasteiger charge is -2.27. The Kier molecular flexibility index (Phi) is 3.68. The van der Waals surface area contributed by atoms with Gasteiger partial charge in [0.15, 0.2) is 0 Å². The highest BCUT2D eigenvalue weighted by atomic mass is 35.5. The summed E-state index contributed by atoms with van der Waals surface area (Å²) in [5.41, 5.74) is 0.583. The first-order chi connectivity index (χ1) is 4.15. The number of rotatable bonds is 1. The maximum Gasteiger partial charge on any atom is 0.000809 e. The van der Waals surface area contributed by atoms with E-state index >= 15 is 0 Å². The van der Waals surface area contributed by atoms with E-state index < -0.39 is 0 Å². The van der Waals surface area contributed by atoms with E-state index in [0.717, 1.165) is 5.92 Å². The van der Waals surface area contributed by atoms with E-state index in [1.54, 1.807) is 0 Å². The van der Waals surface area contributed by atoms with Crippen LogP contribution in [0.1, 0.15) is 27.2 Å². The van der Waals surface area contributed by atoms with E-state index in [2.05, 4.69) is 26.1 Å². The van der Waals surface area contributed by atoms with Gasteiger partial charge in [0.2, 0.25) is 0 Å². The topological polar surface area (TPSA) is 12.0 Å². The minimum absolute atomic E-state index is 0. The number of nitrogens with one attached hydrogen (secondary N) is 1. The van der Waals surface area contributed by atoms with Gasteiger partial charge in [-0.3, -0.25) is 0 Å². The Bertz CT molecular complexity index is 95.4. The first-order valence-electron chi connectivity index (χ1n) is 3.86. The smallest absolute Gasteiger partial charge is 0.000809 e. The molecule has 0 amide bonds. The predicted molar refractivity (Wildman–Crippen MR) is 47.7 cm³/mol. The molecular formula is C8H18ClN. The summed E-state index contributed by atoms with van der Waals surface area (Å²) < 4.78 is 0. The van der Waals surface area contributed by atoms with Crippen LogP contribution in [0.2, 0.25) is 0 Å². The third-order valence-corrected chi connectivity index (χ3v) is 2.80. The Hall–Kier alpha value is 0.250. The molecule has 1 N–H and O–H groups in total. The van der Waals surface area contributed by atoms with Gasteiger partial charge in [0.05, 0.1) is 0 Å². The lowest BCUT2D eigenvalue weighted by molar-refractivity contribution is 0.249. The van der Waals surface area contributed by atoms with Crippen LogP contribution in [0.4, 0.5) is 0 Å². The Morgan fingerprint density at radius 2 is 2.00 bits per heavy atom. The first kappa shape index (κ1) is 10.2. The van der Waals surface area contributed by atoms with Crippen molar-refractivity contribution in [2.75, 3.05) is 13.1 Å². The zero-order valence-corrected chi connectivity index (χ0v) is 7.92. The molecule has 0 bridgehead atoms. The summed E-state index contributed by atoms with van der Waals surface area (Å²) in [6.07, 6.45) is 1.35. The van der Waals surface area contributed by atoms with Gasteiger partial charge >= 0.3 is 0 Å². The molecule has 0 aromatic heterocycles. The lowest BCUT2D eigenvalue weighted by Crippen LogP contribution is -2.25. The number of hydrogen-bond donors (Lipinski definition) is 1. The van der Waals surface area contributed by atoms with E-state index in [1.807, 2.05) is 0 Å². The van der Waals surface area contributed by atoms with Crippen LogP contribution in [-0.2, 0) is 0 Å². The van der Waals surface area contributed by atoms with Crippen LogP contribution in [0.15, 0.2) is 0 Å². The highest BCUT2D eigenvalue weighted by Gasteiger charge is 2.31. The highest BCUT2D eigenvalue weighted by molar-refractivity contribution is 5.85. The summed E-state index contributed by atoms with van der Waals surface area (Å²) in [5.74, 6) is 0.826. The summed E-state index contributed by atoms with van der Waals surface area (Å²) in [6, 6.07) is 0. The van der Waals surface area contributed by atoms with Crippen molar-refractivity contribution in [3.8, 4) is 0 Å². The van der Waals surface area contributed by atoms with Crippen molar-refractivity contribution in [2.24, 2.45) is 11.3 Å². The van der Waals surface area contributed by atoms with E-state index in [-0.39, 0.29) is 12.4 Å². The molecule has 1 fully saturated rings. The van der Waals surface area contributed by atoms with Crippen LogP contribution in [0.25, 0.3) is 0 Å². The fraction of sp³-hybridized carbons (Fsp3) is 1.00. The van der Waals surface area contributed by atoms with E-state index in [9.17, 15) is 0 Å². The molecule has 62 valence electrons. The van der Waals surface area contributed by atoms with Gasteiger partial charge in [-0.25, -0.2) is 0 Å². The van der Waals surface area contributed by atoms with Crippen molar-refractivity contribution in [3.63, 3.8) is 0 Å². The van der Waals surface area contributed by atoms with Gasteiger partial charge in [0.25, 0.3) is 0 Å². The maximum atomic E-state index is 3.39.